The van der Waals surface area contributed by atoms with Gasteiger partial charge in [-0.2, -0.15) is 0 Å². The van der Waals surface area contributed by atoms with Crippen molar-refractivity contribution in [2.24, 2.45) is 0 Å². The number of unbranched alkanes of at least 4 members (excludes halogenated alkanes) is 3. The highest BCUT2D eigenvalue weighted by molar-refractivity contribution is 5.32. The highest BCUT2D eigenvalue weighted by Crippen LogP contribution is 2.18. The van der Waals surface area contributed by atoms with Crippen LogP contribution in [0.1, 0.15) is 38.2 Å². The molecule has 1 aromatic rings. The second kappa shape index (κ2) is 10.0. The smallest absolute Gasteiger partial charge is 0.290 e. The van der Waals surface area contributed by atoms with Gasteiger partial charge in [0.05, 0.1) is 0 Å². The zero-order chi connectivity index (χ0) is 12.2. The molecule has 0 aromatic heterocycles. The van der Waals surface area contributed by atoms with Crippen LogP contribution in [0.5, 0.6) is 5.75 Å². The van der Waals surface area contributed by atoms with Gasteiger partial charge in [0, 0.05) is 0 Å². The van der Waals surface area contributed by atoms with Gasteiger partial charge in [-0.15, -0.1) is 0 Å². The Labute approximate surface area is 96.7 Å². The number of hydrogen-bond donors (Lipinski definition) is 2. The topological polar surface area (TPSA) is 57.5 Å². The molecule has 0 fully saturated rings. The number of hydrogen-bond acceptors (Lipinski definition) is 2. The quantitative estimate of drug-likeness (QED) is 0.596. The molecule has 2 N–H and O–H groups in total. The summed E-state index contributed by atoms with van der Waals surface area (Å²) in [5.74, 6) is 0.444. The van der Waals surface area contributed by atoms with Crippen molar-refractivity contribution in [3.05, 3.63) is 29.8 Å². The van der Waals surface area contributed by atoms with Crippen LogP contribution >= 0.6 is 0 Å². The van der Waals surface area contributed by atoms with Gasteiger partial charge in [-0.25, -0.2) is 0 Å². The Balaban J connectivity index is 0.000000673. The number of carboxylic acid groups (broad SMARTS) is 1. The number of carbonyl (C=O) groups is 1. The van der Waals surface area contributed by atoms with Gasteiger partial charge < -0.3 is 10.2 Å². The molecule has 0 heterocycles. The van der Waals surface area contributed by atoms with Gasteiger partial charge in [-0.05, 0) is 24.5 Å². The Kier molecular flexibility index (Phi) is 9.08. The van der Waals surface area contributed by atoms with Gasteiger partial charge in [-0.1, -0.05) is 44.4 Å². The van der Waals surface area contributed by atoms with Crippen molar-refractivity contribution < 1.29 is 15.0 Å². The minimum atomic E-state index is -0.250. The number of aromatic hydroxyl groups is 1. The predicted molar refractivity (Wildman–Crippen MR) is 64.6 cm³/mol. The molecular weight excluding hydrogens is 204 g/mol. The fourth-order valence-electron chi connectivity index (χ4n) is 1.46. The largest absolute Gasteiger partial charge is 0.508 e. The van der Waals surface area contributed by atoms with Crippen LogP contribution < -0.4 is 0 Å². The number of aryl methyl sites for hydroxylation is 1. The Bertz CT molecular complexity index is 284. The summed E-state index contributed by atoms with van der Waals surface area (Å²) >= 11 is 0. The molecule has 1 aromatic carbocycles. The molecular formula is C13H20O3. The predicted octanol–water partition coefficient (Wildman–Crippen LogP) is 3.22. The molecule has 3 nitrogen and oxygen atoms in total. The highest BCUT2D eigenvalue weighted by Gasteiger charge is 1.98. The van der Waals surface area contributed by atoms with Gasteiger partial charge in [0.1, 0.15) is 5.75 Å². The van der Waals surface area contributed by atoms with Crippen molar-refractivity contribution in [2.75, 3.05) is 0 Å². The van der Waals surface area contributed by atoms with Crippen LogP contribution in [0.2, 0.25) is 0 Å². The van der Waals surface area contributed by atoms with E-state index in [1.54, 1.807) is 6.07 Å². The number of benzene rings is 1. The number of rotatable bonds is 5. The first-order valence-electron chi connectivity index (χ1n) is 5.61. The van der Waals surface area contributed by atoms with Crippen molar-refractivity contribution in [2.45, 2.75) is 39.0 Å². The summed E-state index contributed by atoms with van der Waals surface area (Å²) < 4.78 is 0. The number of phenols is 1. The minimum absolute atomic E-state index is 0.250. The van der Waals surface area contributed by atoms with Crippen LogP contribution in [-0.4, -0.2) is 16.7 Å². The average molecular weight is 224 g/mol. The van der Waals surface area contributed by atoms with E-state index < -0.39 is 0 Å². The molecule has 3 heteroatoms. The molecule has 0 radical (unpaired) electrons. The van der Waals surface area contributed by atoms with E-state index in [9.17, 15) is 5.11 Å². The van der Waals surface area contributed by atoms with Crippen LogP contribution in [0.15, 0.2) is 24.3 Å². The standard InChI is InChI=1S/C12H18O.CH2O2/c1-2-3-4-5-8-11-9-6-7-10-12(11)13;2-1-3/h6-7,9-10,13H,2-5,8H2,1H3;1H,(H,2,3). The van der Waals surface area contributed by atoms with Crippen LogP contribution in [0.25, 0.3) is 0 Å². The van der Waals surface area contributed by atoms with Gasteiger partial charge in [-0.3, -0.25) is 4.79 Å². The number of phenolic OH excluding ortho intramolecular Hbond substituents is 1. The summed E-state index contributed by atoms with van der Waals surface area (Å²) in [5, 5.41) is 16.4. The Morgan fingerprint density at radius 3 is 2.38 bits per heavy atom. The average Bonchev–Trinajstić information content (AvgIpc) is 2.28. The SMILES string of the molecule is CCCCCCc1ccccc1O.O=CO. The minimum Gasteiger partial charge on any atom is -0.508 e. The first-order valence-corrected chi connectivity index (χ1v) is 5.61. The van der Waals surface area contributed by atoms with E-state index >= 15 is 0 Å². The van der Waals surface area contributed by atoms with Crippen molar-refractivity contribution in [3.63, 3.8) is 0 Å². The lowest BCUT2D eigenvalue weighted by atomic mass is 10.1. The third-order valence-electron chi connectivity index (χ3n) is 2.29. The molecule has 0 aliphatic carbocycles. The molecule has 0 unspecified atom stereocenters. The zero-order valence-electron chi connectivity index (χ0n) is 9.72. The molecule has 0 bridgehead atoms. The van der Waals surface area contributed by atoms with Crippen LogP contribution in [0, 0.1) is 0 Å². The second-order valence-electron chi connectivity index (χ2n) is 3.54. The fourth-order valence-corrected chi connectivity index (χ4v) is 1.46. The van der Waals surface area contributed by atoms with E-state index in [1.165, 1.54) is 25.7 Å². The first-order chi connectivity index (χ1) is 7.76. The molecule has 16 heavy (non-hydrogen) atoms. The normalized spacial score (nSPS) is 9.06. The molecule has 0 amide bonds. The van der Waals surface area contributed by atoms with Gasteiger partial charge in [0.15, 0.2) is 0 Å². The maximum Gasteiger partial charge on any atom is 0.290 e. The molecule has 90 valence electrons. The Morgan fingerprint density at radius 2 is 1.81 bits per heavy atom. The highest BCUT2D eigenvalue weighted by atomic mass is 16.3. The van der Waals surface area contributed by atoms with Crippen molar-refractivity contribution >= 4 is 6.47 Å². The molecule has 1 rings (SSSR count). The molecule has 0 atom stereocenters. The van der Waals surface area contributed by atoms with E-state index in [4.69, 9.17) is 9.90 Å². The maximum atomic E-state index is 9.47. The summed E-state index contributed by atoms with van der Waals surface area (Å²) in [6.07, 6.45) is 6.03. The van der Waals surface area contributed by atoms with Gasteiger partial charge in [0.2, 0.25) is 0 Å². The van der Waals surface area contributed by atoms with Crippen molar-refractivity contribution in [3.8, 4) is 5.75 Å². The monoisotopic (exact) mass is 224 g/mol. The van der Waals surface area contributed by atoms with Crippen LogP contribution in [-0.2, 0) is 11.2 Å². The third-order valence-corrected chi connectivity index (χ3v) is 2.29. The lowest BCUT2D eigenvalue weighted by molar-refractivity contribution is -0.122. The van der Waals surface area contributed by atoms with E-state index in [0.29, 0.717) is 5.75 Å². The summed E-state index contributed by atoms with van der Waals surface area (Å²) in [6, 6.07) is 7.61. The zero-order valence-corrected chi connectivity index (χ0v) is 9.72. The molecule has 0 aliphatic rings. The lowest BCUT2D eigenvalue weighted by Gasteiger charge is -2.03. The summed E-state index contributed by atoms with van der Waals surface area (Å²) in [7, 11) is 0. The van der Waals surface area contributed by atoms with Gasteiger partial charge >= 0.3 is 0 Å². The van der Waals surface area contributed by atoms with E-state index in [1.807, 2.05) is 18.2 Å². The van der Waals surface area contributed by atoms with Crippen molar-refractivity contribution in [1.29, 1.82) is 0 Å². The van der Waals surface area contributed by atoms with Gasteiger partial charge in [0.25, 0.3) is 6.47 Å². The third kappa shape index (κ3) is 6.87. The summed E-state index contributed by atoms with van der Waals surface area (Å²) in [5.41, 5.74) is 1.08. The van der Waals surface area contributed by atoms with Crippen molar-refractivity contribution in [1.82, 2.24) is 0 Å². The first kappa shape index (κ1) is 14.5. The van der Waals surface area contributed by atoms with Crippen LogP contribution in [0.4, 0.5) is 0 Å². The number of para-hydroxylation sites is 1. The van der Waals surface area contributed by atoms with Crippen LogP contribution in [0.3, 0.4) is 0 Å². The molecule has 0 spiro atoms. The lowest BCUT2D eigenvalue weighted by Crippen LogP contribution is -1.86. The summed E-state index contributed by atoms with van der Waals surface area (Å²) in [4.78, 5) is 8.36. The van der Waals surface area contributed by atoms with E-state index in [2.05, 4.69) is 6.92 Å². The summed E-state index contributed by atoms with van der Waals surface area (Å²) in [6.45, 7) is 1.96. The van der Waals surface area contributed by atoms with E-state index in [0.717, 1.165) is 12.0 Å². The maximum absolute atomic E-state index is 9.47. The Morgan fingerprint density at radius 1 is 1.19 bits per heavy atom. The second-order valence-corrected chi connectivity index (χ2v) is 3.54. The molecule has 0 saturated heterocycles. The fraction of sp³-hybridized carbons (Fsp3) is 0.462. The molecule has 0 saturated carbocycles. The van der Waals surface area contributed by atoms with E-state index in [-0.39, 0.29) is 6.47 Å². The molecule has 0 aliphatic heterocycles. The Hall–Kier alpha value is -1.51.